The van der Waals surface area contributed by atoms with E-state index in [1.807, 2.05) is 0 Å². The molecule has 4 heteroatoms. The number of rotatable bonds is 1. The van der Waals surface area contributed by atoms with Gasteiger partial charge in [-0.1, -0.05) is 29.1 Å². The third-order valence-electron chi connectivity index (χ3n) is 0.994. The molecule has 2 nitrogen and oxygen atoms in total. The maximum Gasteiger partial charge on any atom is 0.166 e. The van der Waals surface area contributed by atoms with Crippen LogP contribution in [0.2, 0.25) is 10.3 Å². The summed E-state index contributed by atoms with van der Waals surface area (Å²) in [5.41, 5.74) is 0. The first kappa shape index (κ1) is 7.46. The van der Waals surface area contributed by atoms with Crippen molar-refractivity contribution in [3.8, 4) is 12.3 Å². The van der Waals surface area contributed by atoms with E-state index in [0.29, 0.717) is 11.7 Å². The van der Waals surface area contributed by atoms with Crippen molar-refractivity contribution >= 4 is 23.2 Å². The van der Waals surface area contributed by atoms with Crippen molar-refractivity contribution in [3.05, 3.63) is 16.6 Å². The van der Waals surface area contributed by atoms with Crippen LogP contribution in [-0.2, 0) is 6.54 Å². The second kappa shape index (κ2) is 2.96. The molecule has 0 N–H and O–H groups in total. The summed E-state index contributed by atoms with van der Waals surface area (Å²) in [5.74, 6) is 2.42. The molecule has 0 saturated heterocycles. The van der Waals surface area contributed by atoms with Gasteiger partial charge in [0.2, 0.25) is 0 Å². The molecule has 1 aromatic rings. The van der Waals surface area contributed by atoms with Gasteiger partial charge in [0.25, 0.3) is 0 Å². The maximum atomic E-state index is 5.66. The average Bonchev–Trinajstić information content (AvgIpc) is 2.20. The van der Waals surface area contributed by atoms with Crippen molar-refractivity contribution < 1.29 is 0 Å². The Balaban J connectivity index is 2.96. The summed E-state index contributed by atoms with van der Waals surface area (Å²) in [5, 5.41) is 0.677. The second-order valence-electron chi connectivity index (χ2n) is 1.66. The zero-order valence-corrected chi connectivity index (χ0v) is 6.52. The Labute approximate surface area is 68.8 Å². The van der Waals surface area contributed by atoms with Crippen molar-refractivity contribution in [2.75, 3.05) is 0 Å². The Morgan fingerprint density at radius 2 is 2.40 bits per heavy atom. The summed E-state index contributed by atoms with van der Waals surface area (Å²) < 4.78 is 1.59. The summed E-state index contributed by atoms with van der Waals surface area (Å²) in [6.45, 7) is 0.401. The van der Waals surface area contributed by atoms with Crippen LogP contribution >= 0.6 is 23.2 Å². The molecule has 0 aliphatic rings. The Bertz CT molecular complexity index is 272. The summed E-state index contributed by atoms with van der Waals surface area (Å²) in [7, 11) is 0. The molecule has 0 unspecified atom stereocenters. The lowest BCUT2D eigenvalue weighted by Gasteiger charge is -1.93. The van der Waals surface area contributed by atoms with Crippen LogP contribution in [0, 0.1) is 12.3 Å². The summed E-state index contributed by atoms with van der Waals surface area (Å²) >= 11 is 11.2. The highest BCUT2D eigenvalue weighted by Crippen LogP contribution is 2.18. The van der Waals surface area contributed by atoms with Crippen molar-refractivity contribution in [2.24, 2.45) is 0 Å². The zero-order chi connectivity index (χ0) is 7.56. The Morgan fingerprint density at radius 1 is 1.70 bits per heavy atom. The van der Waals surface area contributed by atoms with Crippen LogP contribution in [-0.4, -0.2) is 9.55 Å². The highest BCUT2D eigenvalue weighted by molar-refractivity contribution is 6.40. The van der Waals surface area contributed by atoms with Crippen molar-refractivity contribution in [3.63, 3.8) is 0 Å². The largest absolute Gasteiger partial charge is 0.309 e. The first-order valence-corrected chi connectivity index (χ1v) is 3.31. The van der Waals surface area contributed by atoms with Gasteiger partial charge < -0.3 is 4.57 Å². The van der Waals surface area contributed by atoms with Crippen molar-refractivity contribution in [1.82, 2.24) is 9.55 Å². The molecule has 0 saturated carbocycles. The average molecular weight is 175 g/mol. The quantitative estimate of drug-likeness (QED) is 0.595. The third kappa shape index (κ3) is 1.26. The van der Waals surface area contributed by atoms with E-state index in [4.69, 9.17) is 29.6 Å². The number of hydrogen-bond acceptors (Lipinski definition) is 1. The zero-order valence-electron chi connectivity index (χ0n) is 5.01. The minimum absolute atomic E-state index is 0.289. The minimum atomic E-state index is 0.289. The topological polar surface area (TPSA) is 17.8 Å². The highest BCUT2D eigenvalue weighted by Gasteiger charge is 2.02. The molecule has 0 aromatic carbocycles. The minimum Gasteiger partial charge on any atom is -0.309 e. The van der Waals surface area contributed by atoms with E-state index >= 15 is 0 Å². The van der Waals surface area contributed by atoms with Gasteiger partial charge in [0.1, 0.15) is 5.15 Å². The van der Waals surface area contributed by atoms with Gasteiger partial charge in [-0.2, -0.15) is 0 Å². The van der Waals surface area contributed by atoms with E-state index in [2.05, 4.69) is 10.9 Å². The fraction of sp³-hybridized carbons (Fsp3) is 0.167. The monoisotopic (exact) mass is 174 g/mol. The number of aromatic nitrogens is 2. The molecule has 0 aliphatic carbocycles. The molecule has 10 heavy (non-hydrogen) atoms. The summed E-state index contributed by atoms with van der Waals surface area (Å²) in [6, 6.07) is 0. The molecule has 52 valence electrons. The normalized spacial score (nSPS) is 9.30. The molecule has 0 aliphatic heterocycles. The van der Waals surface area contributed by atoms with E-state index < -0.39 is 0 Å². The van der Waals surface area contributed by atoms with Crippen molar-refractivity contribution in [1.29, 1.82) is 0 Å². The van der Waals surface area contributed by atoms with Gasteiger partial charge in [-0.15, -0.1) is 6.42 Å². The van der Waals surface area contributed by atoms with Crippen LogP contribution in [0.4, 0.5) is 0 Å². The van der Waals surface area contributed by atoms with E-state index in [0.717, 1.165) is 0 Å². The number of halogens is 2. The van der Waals surface area contributed by atoms with E-state index in [1.54, 1.807) is 4.57 Å². The van der Waals surface area contributed by atoms with Gasteiger partial charge in [-0.25, -0.2) is 4.98 Å². The first-order chi connectivity index (χ1) is 4.75. The molecule has 0 atom stereocenters. The van der Waals surface area contributed by atoms with Gasteiger partial charge in [0, 0.05) is 0 Å². The molecule has 1 heterocycles. The summed E-state index contributed by atoms with van der Waals surface area (Å²) in [4.78, 5) is 3.74. The van der Waals surface area contributed by atoms with Crippen LogP contribution in [0.25, 0.3) is 0 Å². The molecule has 1 aromatic heterocycles. The Kier molecular flexibility index (Phi) is 2.21. The lowest BCUT2D eigenvalue weighted by atomic mass is 10.6. The number of imidazole rings is 1. The van der Waals surface area contributed by atoms with E-state index in [1.165, 1.54) is 6.33 Å². The molecule has 1 rings (SSSR count). The van der Waals surface area contributed by atoms with E-state index in [9.17, 15) is 0 Å². The molecule has 0 fully saturated rings. The lowest BCUT2D eigenvalue weighted by molar-refractivity contribution is 0.841. The van der Waals surface area contributed by atoms with E-state index in [-0.39, 0.29) is 5.15 Å². The van der Waals surface area contributed by atoms with Crippen LogP contribution < -0.4 is 0 Å². The molecule has 0 amide bonds. The van der Waals surface area contributed by atoms with Crippen LogP contribution in [0.1, 0.15) is 0 Å². The Morgan fingerprint density at radius 3 is 2.80 bits per heavy atom. The number of hydrogen-bond donors (Lipinski definition) is 0. The number of terminal acetylenes is 1. The molecular weight excluding hydrogens is 171 g/mol. The van der Waals surface area contributed by atoms with Crippen LogP contribution in [0.15, 0.2) is 6.33 Å². The smallest absolute Gasteiger partial charge is 0.166 e. The third-order valence-corrected chi connectivity index (χ3v) is 1.76. The van der Waals surface area contributed by atoms with Gasteiger partial charge in [-0.05, 0) is 0 Å². The maximum absolute atomic E-state index is 5.66. The predicted octanol–water partition coefficient (Wildman–Crippen LogP) is 1.82. The highest BCUT2D eigenvalue weighted by atomic mass is 35.5. The molecule has 0 spiro atoms. The fourth-order valence-electron chi connectivity index (χ4n) is 0.551. The van der Waals surface area contributed by atoms with Crippen LogP contribution in [0.3, 0.4) is 0 Å². The predicted molar refractivity (Wildman–Crippen MR) is 41.1 cm³/mol. The van der Waals surface area contributed by atoms with Gasteiger partial charge in [0.05, 0.1) is 12.9 Å². The van der Waals surface area contributed by atoms with Gasteiger partial charge in [0.15, 0.2) is 5.15 Å². The molecule has 0 radical (unpaired) electrons. The standard InChI is InChI=1S/C6H4Cl2N2/c1-2-3-10-4-9-5(7)6(10)8/h1,4H,3H2. The lowest BCUT2D eigenvalue weighted by Crippen LogP contribution is -1.91. The molecule has 0 bridgehead atoms. The van der Waals surface area contributed by atoms with Crippen LogP contribution in [0.5, 0.6) is 0 Å². The fourth-order valence-corrected chi connectivity index (χ4v) is 0.856. The first-order valence-electron chi connectivity index (χ1n) is 2.55. The van der Waals surface area contributed by atoms with Gasteiger partial charge in [-0.3, -0.25) is 0 Å². The second-order valence-corrected chi connectivity index (χ2v) is 2.37. The molecular formula is C6H4Cl2N2. The van der Waals surface area contributed by atoms with Gasteiger partial charge >= 0.3 is 0 Å². The number of nitrogens with zero attached hydrogens (tertiary/aromatic N) is 2. The van der Waals surface area contributed by atoms with Crippen molar-refractivity contribution in [2.45, 2.75) is 6.54 Å². The SMILES string of the molecule is C#CCn1cnc(Cl)c1Cl. The Hall–Kier alpha value is -0.650. The summed E-state index contributed by atoms with van der Waals surface area (Å²) in [6.07, 6.45) is 6.54.